The molecular formula is C18H22ClN3O5S. The van der Waals surface area contributed by atoms with Crippen LogP contribution in [0, 0.1) is 0 Å². The zero-order valence-corrected chi connectivity index (χ0v) is 17.2. The molecule has 1 aliphatic heterocycles. The number of aromatic nitrogens is 2. The van der Waals surface area contributed by atoms with Gasteiger partial charge < -0.3 is 14.7 Å². The van der Waals surface area contributed by atoms with Crippen molar-refractivity contribution in [2.45, 2.75) is 25.6 Å². The Morgan fingerprint density at radius 2 is 1.96 bits per heavy atom. The Labute approximate surface area is 169 Å². The van der Waals surface area contributed by atoms with Gasteiger partial charge >= 0.3 is 0 Å². The van der Waals surface area contributed by atoms with Crippen molar-refractivity contribution in [3.05, 3.63) is 40.0 Å². The maximum Gasteiger partial charge on any atom is 0.221 e. The van der Waals surface area contributed by atoms with E-state index in [2.05, 4.69) is 5.10 Å². The molecule has 0 bridgehead atoms. The second-order valence-electron chi connectivity index (χ2n) is 6.77. The van der Waals surface area contributed by atoms with Gasteiger partial charge in [-0.2, -0.15) is 5.10 Å². The second kappa shape index (κ2) is 8.50. The zero-order chi connectivity index (χ0) is 20.4. The lowest BCUT2D eigenvalue weighted by Crippen LogP contribution is -2.37. The first-order valence-electron chi connectivity index (χ1n) is 8.88. The summed E-state index contributed by atoms with van der Waals surface area (Å²) in [5.41, 5.74) is 1.28. The SMILES string of the molecule is CC(C)n1ncc(C(=O)c2ccc(C[SH](=O)=O)c(N3CCOCC3)c2Cl)c1O. The highest BCUT2D eigenvalue weighted by atomic mass is 35.5. The highest BCUT2D eigenvalue weighted by Crippen LogP contribution is 2.36. The van der Waals surface area contributed by atoms with E-state index in [9.17, 15) is 18.3 Å². The van der Waals surface area contributed by atoms with E-state index in [1.54, 1.807) is 6.07 Å². The van der Waals surface area contributed by atoms with Gasteiger partial charge in [0.25, 0.3) is 0 Å². The van der Waals surface area contributed by atoms with Crippen LogP contribution in [-0.2, 0) is 21.2 Å². The molecule has 2 heterocycles. The Morgan fingerprint density at radius 1 is 1.29 bits per heavy atom. The third-order valence-corrected chi connectivity index (χ3v) is 5.56. The molecule has 1 aromatic carbocycles. The van der Waals surface area contributed by atoms with Crippen molar-refractivity contribution in [2.24, 2.45) is 0 Å². The van der Waals surface area contributed by atoms with Gasteiger partial charge in [-0.05, 0) is 25.5 Å². The molecule has 0 unspecified atom stereocenters. The number of ketones is 1. The fourth-order valence-electron chi connectivity index (χ4n) is 3.21. The maximum atomic E-state index is 13.0. The minimum absolute atomic E-state index is 0.0474. The number of carbonyl (C=O) groups is 1. The molecule has 0 saturated carbocycles. The summed E-state index contributed by atoms with van der Waals surface area (Å²) < 4.78 is 29.3. The van der Waals surface area contributed by atoms with Gasteiger partial charge in [0.1, 0.15) is 16.3 Å². The molecule has 1 saturated heterocycles. The van der Waals surface area contributed by atoms with Crippen LogP contribution in [0.15, 0.2) is 18.3 Å². The highest BCUT2D eigenvalue weighted by molar-refractivity contribution is 7.71. The van der Waals surface area contributed by atoms with Crippen LogP contribution in [-0.4, -0.2) is 55.4 Å². The van der Waals surface area contributed by atoms with Crippen molar-refractivity contribution >= 4 is 33.8 Å². The van der Waals surface area contributed by atoms with Gasteiger partial charge in [0, 0.05) is 18.7 Å². The molecule has 0 aliphatic carbocycles. The molecule has 8 nitrogen and oxygen atoms in total. The molecule has 0 radical (unpaired) electrons. The fraction of sp³-hybridized carbons (Fsp3) is 0.444. The number of nitrogens with zero attached hydrogens (tertiary/aromatic N) is 3. The lowest BCUT2D eigenvalue weighted by Gasteiger charge is -2.31. The monoisotopic (exact) mass is 427 g/mol. The van der Waals surface area contributed by atoms with E-state index in [1.807, 2.05) is 18.7 Å². The van der Waals surface area contributed by atoms with E-state index in [1.165, 1.54) is 16.9 Å². The van der Waals surface area contributed by atoms with E-state index in [0.717, 1.165) is 0 Å². The topological polar surface area (TPSA) is 102 Å². The Morgan fingerprint density at radius 3 is 2.54 bits per heavy atom. The highest BCUT2D eigenvalue weighted by Gasteiger charge is 2.26. The molecule has 1 N–H and O–H groups in total. The third kappa shape index (κ3) is 4.01. The first-order valence-corrected chi connectivity index (χ1v) is 10.6. The molecular weight excluding hydrogens is 406 g/mol. The molecule has 0 amide bonds. The minimum atomic E-state index is -2.66. The van der Waals surface area contributed by atoms with Crippen LogP contribution in [0.25, 0.3) is 0 Å². The van der Waals surface area contributed by atoms with Crippen LogP contribution in [0.1, 0.15) is 41.4 Å². The molecule has 2 aromatic rings. The number of rotatable bonds is 6. The van der Waals surface area contributed by atoms with Gasteiger partial charge in [-0.3, -0.25) is 4.79 Å². The zero-order valence-electron chi connectivity index (χ0n) is 15.6. The van der Waals surface area contributed by atoms with Crippen LogP contribution in [0.3, 0.4) is 0 Å². The summed E-state index contributed by atoms with van der Waals surface area (Å²) >= 11 is 6.59. The lowest BCUT2D eigenvalue weighted by atomic mass is 10.0. The summed E-state index contributed by atoms with van der Waals surface area (Å²) in [4.78, 5) is 15.0. The van der Waals surface area contributed by atoms with Crippen LogP contribution >= 0.6 is 11.6 Å². The minimum Gasteiger partial charge on any atom is -0.493 e. The maximum absolute atomic E-state index is 13.0. The van der Waals surface area contributed by atoms with Crippen molar-refractivity contribution in [3.8, 4) is 5.88 Å². The molecule has 10 heteroatoms. The molecule has 1 aromatic heterocycles. The van der Waals surface area contributed by atoms with Crippen molar-refractivity contribution in [1.29, 1.82) is 0 Å². The summed E-state index contributed by atoms with van der Waals surface area (Å²) in [6.45, 7) is 5.72. The van der Waals surface area contributed by atoms with Crippen LogP contribution in [0.4, 0.5) is 5.69 Å². The predicted molar refractivity (Wildman–Crippen MR) is 106 cm³/mol. The summed E-state index contributed by atoms with van der Waals surface area (Å²) in [5.74, 6) is -0.870. The van der Waals surface area contributed by atoms with Gasteiger partial charge in [0.2, 0.25) is 11.7 Å². The van der Waals surface area contributed by atoms with Gasteiger partial charge in [-0.25, -0.2) is 13.1 Å². The van der Waals surface area contributed by atoms with Crippen LogP contribution in [0.5, 0.6) is 5.88 Å². The first-order chi connectivity index (χ1) is 13.3. The number of hydrogen-bond acceptors (Lipinski definition) is 7. The summed E-state index contributed by atoms with van der Waals surface area (Å²) in [6.07, 6.45) is 1.31. The lowest BCUT2D eigenvalue weighted by molar-refractivity contribution is 0.103. The predicted octanol–water partition coefficient (Wildman–Crippen LogP) is 2.00. The molecule has 1 fully saturated rings. The van der Waals surface area contributed by atoms with Crippen LogP contribution in [0.2, 0.25) is 5.02 Å². The number of aromatic hydroxyl groups is 1. The number of thiol groups is 1. The van der Waals surface area contributed by atoms with Crippen LogP contribution < -0.4 is 4.90 Å². The van der Waals surface area contributed by atoms with E-state index >= 15 is 0 Å². The first kappa shape index (κ1) is 20.6. The molecule has 0 atom stereocenters. The van der Waals surface area contributed by atoms with Crippen molar-refractivity contribution in [1.82, 2.24) is 9.78 Å². The standard InChI is InChI=1S/C18H22ClN3O5S/c1-11(2)22-18(24)14(9-20-22)17(23)13-4-3-12(10-28(25)26)16(15(13)19)21-5-7-27-8-6-21/h3-4,9,11,24,28H,5-8,10H2,1-2H3. The Bertz CT molecular complexity index is 956. The number of halogens is 1. The van der Waals surface area contributed by atoms with Gasteiger partial charge in [-0.1, -0.05) is 17.7 Å². The molecule has 152 valence electrons. The molecule has 0 spiro atoms. The number of hydrogen-bond donors (Lipinski definition) is 2. The summed E-state index contributed by atoms with van der Waals surface area (Å²) in [7, 11) is -2.66. The Balaban J connectivity index is 2.07. The van der Waals surface area contributed by atoms with E-state index in [0.29, 0.717) is 37.6 Å². The smallest absolute Gasteiger partial charge is 0.221 e. The third-order valence-electron chi connectivity index (χ3n) is 4.57. The van der Waals surface area contributed by atoms with E-state index in [-0.39, 0.29) is 33.8 Å². The average Bonchev–Trinajstić information content (AvgIpc) is 3.03. The number of benzene rings is 1. The van der Waals surface area contributed by atoms with Gasteiger partial charge in [0.05, 0.1) is 41.9 Å². The quantitative estimate of drug-likeness (QED) is 0.537. The Hall–Kier alpha value is -2.10. The van der Waals surface area contributed by atoms with Gasteiger partial charge in [0.15, 0.2) is 0 Å². The summed E-state index contributed by atoms with van der Waals surface area (Å²) in [6, 6.07) is 2.98. The van der Waals surface area contributed by atoms with E-state index < -0.39 is 16.5 Å². The normalized spacial score (nSPS) is 14.8. The number of morpholine rings is 1. The Kier molecular flexibility index (Phi) is 6.26. The van der Waals surface area contributed by atoms with E-state index in [4.69, 9.17) is 16.3 Å². The average molecular weight is 428 g/mol. The molecule has 3 rings (SSSR count). The number of ether oxygens (including phenoxy) is 1. The molecule has 28 heavy (non-hydrogen) atoms. The largest absolute Gasteiger partial charge is 0.493 e. The fourth-order valence-corrected chi connectivity index (χ4v) is 4.14. The van der Waals surface area contributed by atoms with Crippen molar-refractivity contribution < 1.29 is 23.1 Å². The van der Waals surface area contributed by atoms with Gasteiger partial charge in [-0.15, -0.1) is 0 Å². The molecule has 1 aliphatic rings. The second-order valence-corrected chi connectivity index (χ2v) is 8.13. The summed E-state index contributed by atoms with van der Waals surface area (Å²) in [5, 5.41) is 14.6. The number of carbonyl (C=O) groups excluding carboxylic acids is 1. The number of anilines is 1. The van der Waals surface area contributed by atoms with Crippen molar-refractivity contribution in [2.75, 3.05) is 31.2 Å². The van der Waals surface area contributed by atoms with Crippen molar-refractivity contribution in [3.63, 3.8) is 0 Å².